The van der Waals surface area contributed by atoms with Crippen LogP contribution in [-0.2, 0) is 0 Å². The van der Waals surface area contributed by atoms with Gasteiger partial charge in [-0.25, -0.2) is 0 Å². The van der Waals surface area contributed by atoms with E-state index in [9.17, 15) is 0 Å². The van der Waals surface area contributed by atoms with Gasteiger partial charge in [0.1, 0.15) is 8.80 Å². The van der Waals surface area contributed by atoms with Gasteiger partial charge in [0.25, 0.3) is 0 Å². The second kappa shape index (κ2) is 9.08. The van der Waals surface area contributed by atoms with Crippen LogP contribution < -0.4 is 10.4 Å². The van der Waals surface area contributed by atoms with Crippen molar-refractivity contribution < 1.29 is 0 Å². The highest BCUT2D eigenvalue weighted by atomic mass is 28.3. The maximum absolute atomic E-state index is 2.46. The van der Waals surface area contributed by atoms with Gasteiger partial charge < -0.3 is 0 Å². The van der Waals surface area contributed by atoms with Gasteiger partial charge in [-0.1, -0.05) is 105 Å². The molecule has 4 rings (SSSR count). The number of aryl methyl sites for hydroxylation is 4. The van der Waals surface area contributed by atoms with E-state index >= 15 is 0 Å². The van der Waals surface area contributed by atoms with Crippen LogP contribution in [0.5, 0.6) is 0 Å². The van der Waals surface area contributed by atoms with Gasteiger partial charge in [0, 0.05) is 5.92 Å². The first-order chi connectivity index (χ1) is 15.2. The minimum atomic E-state index is -1.44. The predicted molar refractivity (Wildman–Crippen MR) is 144 cm³/mol. The summed E-state index contributed by atoms with van der Waals surface area (Å²) in [5.74, 6) is 0.496. The molecule has 0 radical (unpaired) electrons. The zero-order valence-corrected chi connectivity index (χ0v) is 21.9. The predicted octanol–water partition coefficient (Wildman–Crippen LogP) is 6.70. The highest BCUT2D eigenvalue weighted by Gasteiger charge is 2.32. The summed E-state index contributed by atoms with van der Waals surface area (Å²) in [6.07, 6.45) is 0. The average molecular weight is 437 g/mol. The van der Waals surface area contributed by atoms with Gasteiger partial charge in [0.15, 0.2) is 0 Å². The summed E-state index contributed by atoms with van der Waals surface area (Å²) >= 11 is 0. The van der Waals surface area contributed by atoms with Crippen LogP contribution in [0.25, 0.3) is 5.57 Å². The van der Waals surface area contributed by atoms with Crippen molar-refractivity contribution in [2.75, 3.05) is 0 Å². The molecule has 0 spiro atoms. The van der Waals surface area contributed by atoms with E-state index in [0.717, 1.165) is 0 Å². The van der Waals surface area contributed by atoms with E-state index in [0.29, 0.717) is 5.92 Å². The lowest BCUT2D eigenvalue weighted by atomic mass is 9.91. The monoisotopic (exact) mass is 436 g/mol. The summed E-state index contributed by atoms with van der Waals surface area (Å²) in [6.45, 7) is 16.0. The summed E-state index contributed by atoms with van der Waals surface area (Å²) in [6, 6.07) is 26.8. The van der Waals surface area contributed by atoms with Gasteiger partial charge in [-0.05, 0) is 76.8 Å². The molecular weight excluding hydrogens is 400 g/mol. The quantitative estimate of drug-likeness (QED) is 0.390. The van der Waals surface area contributed by atoms with Crippen molar-refractivity contribution in [2.45, 2.75) is 54.5 Å². The Kier molecular flexibility index (Phi) is 6.39. The Balaban J connectivity index is 1.85. The molecule has 0 saturated heterocycles. The van der Waals surface area contributed by atoms with Crippen LogP contribution in [0, 0.1) is 33.6 Å². The van der Waals surface area contributed by atoms with E-state index in [1.807, 2.05) is 0 Å². The van der Waals surface area contributed by atoms with Crippen molar-refractivity contribution in [1.82, 2.24) is 0 Å². The lowest BCUT2D eigenvalue weighted by Crippen LogP contribution is -2.44. The molecule has 3 aromatic rings. The number of hydrogen-bond donors (Lipinski definition) is 0. The third-order valence-electron chi connectivity index (χ3n) is 7.28. The fourth-order valence-electron chi connectivity index (χ4n) is 5.69. The third kappa shape index (κ3) is 4.45. The third-order valence-corrected chi connectivity index (χ3v) is 10.5. The Morgan fingerprint density at radius 1 is 0.594 bits per heavy atom. The molecule has 1 unspecified atom stereocenters. The first-order valence-corrected chi connectivity index (χ1v) is 13.8. The topological polar surface area (TPSA) is 0 Å². The maximum Gasteiger partial charge on any atom is 0.104 e. The molecular formula is C31H36Si. The van der Waals surface area contributed by atoms with E-state index in [4.69, 9.17) is 0 Å². The summed E-state index contributed by atoms with van der Waals surface area (Å²) in [4.78, 5) is 0. The van der Waals surface area contributed by atoms with E-state index in [-0.39, 0.29) is 0 Å². The molecule has 0 nitrogen and oxygen atoms in total. The zero-order valence-electron chi connectivity index (χ0n) is 20.7. The molecule has 0 fully saturated rings. The molecule has 164 valence electrons. The van der Waals surface area contributed by atoms with Gasteiger partial charge in [-0.15, -0.1) is 0 Å². The zero-order chi connectivity index (χ0) is 23.0. The fraction of sp³-hybridized carbons (Fsp3) is 0.290. The summed E-state index contributed by atoms with van der Waals surface area (Å²) in [5.41, 5.74) is 13.0. The minimum Gasteiger partial charge on any atom is -0.0629 e. The van der Waals surface area contributed by atoms with Gasteiger partial charge in [0.2, 0.25) is 0 Å². The molecule has 0 aliphatic heterocycles. The van der Waals surface area contributed by atoms with Crippen LogP contribution in [0.4, 0.5) is 0 Å². The molecule has 0 amide bonds. The molecule has 3 aromatic carbocycles. The Labute approximate surface area is 196 Å². The number of allylic oxidation sites excluding steroid dienone is 4. The maximum atomic E-state index is 2.46. The van der Waals surface area contributed by atoms with Crippen LogP contribution in [-0.4, -0.2) is 8.80 Å². The SMILES string of the molecule is CC1=C(C)C(C[SiH](c2cc(C)cc(C)c2)c2cc(C)cc(C)c2)C(c2ccccc2)=C1C. The first-order valence-electron chi connectivity index (χ1n) is 11.8. The highest BCUT2D eigenvalue weighted by Crippen LogP contribution is 2.45. The molecule has 1 atom stereocenters. The van der Waals surface area contributed by atoms with Crippen molar-refractivity contribution >= 4 is 24.7 Å². The molecule has 1 aliphatic rings. The Morgan fingerprint density at radius 2 is 1.06 bits per heavy atom. The average Bonchev–Trinajstić information content (AvgIpc) is 2.94. The Bertz CT molecular complexity index is 1120. The van der Waals surface area contributed by atoms with E-state index < -0.39 is 8.80 Å². The van der Waals surface area contributed by atoms with E-state index in [1.54, 1.807) is 21.5 Å². The molecule has 0 saturated carbocycles. The van der Waals surface area contributed by atoms with E-state index in [2.05, 4.69) is 115 Å². The molecule has 1 heteroatoms. The van der Waals surface area contributed by atoms with Crippen LogP contribution in [0.15, 0.2) is 83.4 Å². The largest absolute Gasteiger partial charge is 0.104 e. The van der Waals surface area contributed by atoms with Crippen LogP contribution >= 0.6 is 0 Å². The van der Waals surface area contributed by atoms with Gasteiger partial charge >= 0.3 is 0 Å². The second-order valence-corrected chi connectivity index (χ2v) is 12.8. The number of hydrogen-bond acceptors (Lipinski definition) is 0. The fourth-order valence-corrected chi connectivity index (χ4v) is 9.54. The molecule has 0 N–H and O–H groups in total. The van der Waals surface area contributed by atoms with Crippen molar-refractivity contribution in [1.29, 1.82) is 0 Å². The Morgan fingerprint density at radius 3 is 1.53 bits per heavy atom. The van der Waals surface area contributed by atoms with Crippen molar-refractivity contribution in [2.24, 2.45) is 5.92 Å². The molecule has 0 aromatic heterocycles. The van der Waals surface area contributed by atoms with Gasteiger partial charge in [0.05, 0.1) is 0 Å². The van der Waals surface area contributed by atoms with Crippen molar-refractivity contribution in [3.63, 3.8) is 0 Å². The van der Waals surface area contributed by atoms with E-state index in [1.165, 1.54) is 45.0 Å². The lowest BCUT2D eigenvalue weighted by molar-refractivity contribution is 0.884. The number of rotatable bonds is 5. The Hall–Kier alpha value is -2.64. The van der Waals surface area contributed by atoms with Crippen molar-refractivity contribution in [3.05, 3.63) is 111 Å². The first kappa shape index (κ1) is 22.5. The summed E-state index contributed by atoms with van der Waals surface area (Å²) in [7, 11) is -1.44. The van der Waals surface area contributed by atoms with Gasteiger partial charge in [-0.3, -0.25) is 0 Å². The second-order valence-electron chi connectivity index (χ2n) is 9.90. The van der Waals surface area contributed by atoms with Crippen LogP contribution in [0.1, 0.15) is 48.6 Å². The normalized spacial score (nSPS) is 16.4. The summed E-state index contributed by atoms with van der Waals surface area (Å²) < 4.78 is 0. The lowest BCUT2D eigenvalue weighted by Gasteiger charge is -2.26. The molecule has 0 heterocycles. The number of benzene rings is 3. The molecule has 1 aliphatic carbocycles. The standard InChI is InChI=1S/C31H36Si/c1-20-13-21(2)16-28(15-20)32(29-17-22(3)14-23(4)18-29)19-30-25(6)24(5)26(7)31(30)27-11-9-8-10-12-27/h8-18,30,32H,19H2,1-7H3. The summed E-state index contributed by atoms with van der Waals surface area (Å²) in [5, 5.41) is 3.16. The van der Waals surface area contributed by atoms with Crippen LogP contribution in [0.3, 0.4) is 0 Å². The minimum absolute atomic E-state index is 0.496. The van der Waals surface area contributed by atoms with Crippen molar-refractivity contribution in [3.8, 4) is 0 Å². The molecule has 32 heavy (non-hydrogen) atoms. The van der Waals surface area contributed by atoms with Gasteiger partial charge in [-0.2, -0.15) is 0 Å². The smallest absolute Gasteiger partial charge is 0.0629 e. The molecule has 0 bridgehead atoms. The highest BCUT2D eigenvalue weighted by molar-refractivity contribution is 6.85. The van der Waals surface area contributed by atoms with Crippen LogP contribution in [0.2, 0.25) is 6.04 Å².